The average molecular weight is 408 g/mol. The minimum atomic E-state index is -0.667. The van der Waals surface area contributed by atoms with E-state index < -0.39 is 5.92 Å². The first-order chi connectivity index (χ1) is 12.4. The number of nitriles is 1. The molecule has 1 aliphatic heterocycles. The number of hydrazone groups is 1. The third kappa shape index (κ3) is 3.49. The molecule has 8 heteroatoms. The first-order valence-corrected chi connectivity index (χ1v) is 8.80. The van der Waals surface area contributed by atoms with E-state index in [0.29, 0.717) is 22.8 Å². The number of anilines is 1. The summed E-state index contributed by atoms with van der Waals surface area (Å²) in [7, 11) is 0. The number of benzene rings is 2. The van der Waals surface area contributed by atoms with Crippen LogP contribution in [0.5, 0.6) is 0 Å². The van der Waals surface area contributed by atoms with Gasteiger partial charge in [-0.15, -0.1) is 0 Å². The van der Waals surface area contributed by atoms with Crippen LogP contribution in [0.4, 0.5) is 10.5 Å². The maximum absolute atomic E-state index is 11.9. The van der Waals surface area contributed by atoms with Gasteiger partial charge >= 0.3 is 6.03 Å². The lowest BCUT2D eigenvalue weighted by molar-refractivity contribution is 0.247. The molecule has 1 N–H and O–H groups in total. The zero-order chi connectivity index (χ0) is 18.8. The fourth-order valence-corrected chi connectivity index (χ4v) is 3.71. The van der Waals surface area contributed by atoms with Crippen LogP contribution in [0.15, 0.2) is 35.4 Å². The van der Waals surface area contributed by atoms with Crippen molar-refractivity contribution in [3.8, 4) is 6.07 Å². The summed E-state index contributed by atoms with van der Waals surface area (Å²) < 4.78 is 0. The normalized spacial score (nSPS) is 14.7. The van der Waals surface area contributed by atoms with Gasteiger partial charge in [-0.2, -0.15) is 15.4 Å². The molecule has 26 heavy (non-hydrogen) atoms. The highest BCUT2D eigenvalue weighted by atomic mass is 35.5. The highest BCUT2D eigenvalue weighted by Crippen LogP contribution is 2.40. The predicted octanol–water partition coefficient (Wildman–Crippen LogP) is 5.13. The quantitative estimate of drug-likeness (QED) is 0.766. The minimum Gasteiger partial charge on any atom is -0.331 e. The van der Waals surface area contributed by atoms with E-state index >= 15 is 0 Å². The van der Waals surface area contributed by atoms with Crippen molar-refractivity contribution in [2.24, 2.45) is 5.10 Å². The Balaban J connectivity index is 2.07. The van der Waals surface area contributed by atoms with E-state index in [1.807, 2.05) is 6.92 Å². The van der Waals surface area contributed by atoms with E-state index in [9.17, 15) is 10.1 Å². The predicted molar refractivity (Wildman–Crippen MR) is 104 cm³/mol. The lowest BCUT2D eigenvalue weighted by Crippen LogP contribution is -2.41. The first-order valence-electron chi connectivity index (χ1n) is 7.67. The van der Waals surface area contributed by atoms with Crippen molar-refractivity contribution in [3.05, 3.63) is 62.1 Å². The van der Waals surface area contributed by atoms with Gasteiger partial charge in [-0.3, -0.25) is 0 Å². The molecule has 0 aromatic heterocycles. The van der Waals surface area contributed by atoms with Crippen LogP contribution >= 0.6 is 34.8 Å². The SMILES string of the molecule is Cc1cc(Cl)ccc1C(C#N)c1c(Cl)cc(N2N=CCNC2=O)cc1Cl. The van der Waals surface area contributed by atoms with Gasteiger partial charge in [0.05, 0.1) is 24.2 Å². The Kier molecular flexibility index (Phi) is 5.38. The Morgan fingerprint density at radius 3 is 2.50 bits per heavy atom. The molecule has 0 spiro atoms. The zero-order valence-electron chi connectivity index (χ0n) is 13.6. The van der Waals surface area contributed by atoms with Crippen molar-refractivity contribution in [3.63, 3.8) is 0 Å². The Hall–Kier alpha value is -2.26. The van der Waals surface area contributed by atoms with E-state index in [1.165, 1.54) is 5.01 Å². The van der Waals surface area contributed by atoms with Gasteiger partial charge < -0.3 is 5.32 Å². The standard InChI is InChI=1S/C18H13Cl3N4O/c1-10-6-11(19)2-3-13(10)14(9-22)17-15(20)7-12(8-16(17)21)25-18(26)23-4-5-24-25/h2-3,5-8,14H,4H2,1H3,(H,23,26). The van der Waals surface area contributed by atoms with Crippen molar-refractivity contribution >= 4 is 52.7 Å². The number of hydrogen-bond donors (Lipinski definition) is 1. The van der Waals surface area contributed by atoms with Gasteiger partial charge in [-0.25, -0.2) is 4.79 Å². The number of nitrogens with zero attached hydrogens (tertiary/aromatic N) is 3. The number of halogens is 3. The van der Waals surface area contributed by atoms with Crippen molar-refractivity contribution in [2.45, 2.75) is 12.8 Å². The molecule has 0 fully saturated rings. The maximum Gasteiger partial charge on any atom is 0.342 e. The van der Waals surface area contributed by atoms with Crippen LogP contribution in [0.2, 0.25) is 15.1 Å². The van der Waals surface area contributed by atoms with Gasteiger partial charge in [0, 0.05) is 26.8 Å². The molecule has 1 atom stereocenters. The molecule has 2 aromatic carbocycles. The van der Waals surface area contributed by atoms with Crippen LogP contribution in [-0.4, -0.2) is 18.8 Å². The number of carbonyl (C=O) groups is 1. The third-order valence-corrected chi connectivity index (χ3v) is 4.86. The van der Waals surface area contributed by atoms with Crippen LogP contribution in [0, 0.1) is 18.3 Å². The van der Waals surface area contributed by atoms with Gasteiger partial charge in [0.2, 0.25) is 0 Å². The second-order valence-electron chi connectivity index (χ2n) is 5.68. The second kappa shape index (κ2) is 7.55. The summed E-state index contributed by atoms with van der Waals surface area (Å²) >= 11 is 18.9. The molecule has 2 amide bonds. The largest absolute Gasteiger partial charge is 0.342 e. The Morgan fingerprint density at radius 2 is 1.92 bits per heavy atom. The Bertz CT molecular complexity index is 929. The highest BCUT2D eigenvalue weighted by molar-refractivity contribution is 6.37. The summed E-state index contributed by atoms with van der Waals surface area (Å²) in [5.74, 6) is -0.667. The number of carbonyl (C=O) groups excluding carboxylic acids is 1. The van der Waals surface area contributed by atoms with Crippen molar-refractivity contribution in [1.29, 1.82) is 5.26 Å². The van der Waals surface area contributed by atoms with Gasteiger partial charge in [0.15, 0.2) is 0 Å². The van der Waals surface area contributed by atoms with Crippen molar-refractivity contribution in [1.82, 2.24) is 5.32 Å². The molecule has 3 rings (SSSR count). The molecule has 0 aliphatic carbocycles. The molecular weight excluding hydrogens is 395 g/mol. The summed E-state index contributed by atoms with van der Waals surface area (Å²) in [6.07, 6.45) is 1.56. The fourth-order valence-electron chi connectivity index (χ4n) is 2.79. The molecule has 1 heterocycles. The summed E-state index contributed by atoms with van der Waals surface area (Å²) in [6, 6.07) is 10.3. The fraction of sp³-hybridized carbons (Fsp3) is 0.167. The minimum absolute atomic E-state index is 0.280. The van der Waals surface area contributed by atoms with Crippen LogP contribution < -0.4 is 10.3 Å². The van der Waals surface area contributed by atoms with Gasteiger partial charge in [-0.1, -0.05) is 40.9 Å². The molecule has 1 unspecified atom stereocenters. The lowest BCUT2D eigenvalue weighted by atomic mass is 9.89. The highest BCUT2D eigenvalue weighted by Gasteiger charge is 2.25. The number of urea groups is 1. The summed E-state index contributed by atoms with van der Waals surface area (Å²) in [5, 5.41) is 18.7. The number of amides is 2. The number of aryl methyl sites for hydroxylation is 1. The smallest absolute Gasteiger partial charge is 0.331 e. The monoisotopic (exact) mass is 406 g/mol. The molecule has 0 saturated carbocycles. The number of nitrogens with one attached hydrogen (secondary N) is 1. The maximum atomic E-state index is 11.9. The Labute approximate surface area is 165 Å². The molecule has 0 saturated heterocycles. The first kappa shape index (κ1) is 18.5. The zero-order valence-corrected chi connectivity index (χ0v) is 15.9. The summed E-state index contributed by atoms with van der Waals surface area (Å²) in [6.45, 7) is 2.23. The second-order valence-corrected chi connectivity index (χ2v) is 6.93. The van der Waals surface area contributed by atoms with Crippen LogP contribution in [-0.2, 0) is 0 Å². The Morgan fingerprint density at radius 1 is 1.23 bits per heavy atom. The van der Waals surface area contributed by atoms with Gasteiger partial charge in [0.25, 0.3) is 0 Å². The summed E-state index contributed by atoms with van der Waals surface area (Å²) in [5.41, 5.74) is 2.52. The topological polar surface area (TPSA) is 68.5 Å². The van der Waals surface area contributed by atoms with E-state index in [4.69, 9.17) is 34.8 Å². The van der Waals surface area contributed by atoms with E-state index in [-0.39, 0.29) is 16.1 Å². The number of rotatable bonds is 3. The van der Waals surface area contributed by atoms with Gasteiger partial charge in [-0.05, 0) is 42.3 Å². The van der Waals surface area contributed by atoms with Crippen LogP contribution in [0.1, 0.15) is 22.6 Å². The molecule has 132 valence electrons. The summed E-state index contributed by atoms with van der Waals surface area (Å²) in [4.78, 5) is 11.9. The van der Waals surface area contributed by atoms with E-state index in [2.05, 4.69) is 16.5 Å². The van der Waals surface area contributed by atoms with Crippen LogP contribution in [0.3, 0.4) is 0 Å². The molecule has 5 nitrogen and oxygen atoms in total. The van der Waals surface area contributed by atoms with Crippen molar-refractivity contribution in [2.75, 3.05) is 11.6 Å². The number of hydrogen-bond acceptors (Lipinski definition) is 3. The van der Waals surface area contributed by atoms with Gasteiger partial charge in [0.1, 0.15) is 0 Å². The van der Waals surface area contributed by atoms with Crippen molar-refractivity contribution < 1.29 is 4.79 Å². The molecule has 2 aromatic rings. The molecular formula is C18H13Cl3N4O. The molecule has 0 radical (unpaired) electrons. The van der Waals surface area contributed by atoms with E-state index in [1.54, 1.807) is 36.5 Å². The molecule has 1 aliphatic rings. The van der Waals surface area contributed by atoms with E-state index in [0.717, 1.165) is 11.1 Å². The van der Waals surface area contributed by atoms with Crippen LogP contribution in [0.25, 0.3) is 0 Å². The molecule has 0 bridgehead atoms. The third-order valence-electron chi connectivity index (χ3n) is 4.00. The average Bonchev–Trinajstić information content (AvgIpc) is 2.59. The lowest BCUT2D eigenvalue weighted by Gasteiger charge is -2.23.